The number of hydrogen-bond acceptors (Lipinski definition) is 3. The van der Waals surface area contributed by atoms with E-state index < -0.39 is 11.5 Å². The highest BCUT2D eigenvalue weighted by Gasteiger charge is 2.34. The molecule has 1 fully saturated rings. The lowest BCUT2D eigenvalue weighted by molar-refractivity contribution is -0.526. The second kappa shape index (κ2) is 3.36. The fourth-order valence-corrected chi connectivity index (χ4v) is 1.68. The predicted octanol–water partition coefficient (Wildman–Crippen LogP) is 0.968. The van der Waals surface area contributed by atoms with Gasteiger partial charge in [0.15, 0.2) is 5.50 Å². The third kappa shape index (κ3) is 2.04. The van der Waals surface area contributed by atoms with E-state index in [0.29, 0.717) is 12.5 Å². The van der Waals surface area contributed by atoms with Crippen LogP contribution in [-0.2, 0) is 0 Å². The first-order valence-corrected chi connectivity index (χ1v) is 4.08. The summed E-state index contributed by atoms with van der Waals surface area (Å²) in [6, 6.07) is -0.318. The second-order valence-electron chi connectivity index (χ2n) is 2.90. The average molecular weight is 179 g/mol. The first kappa shape index (κ1) is 8.74. The first-order valence-electron chi connectivity index (χ1n) is 3.65. The van der Waals surface area contributed by atoms with Crippen molar-refractivity contribution in [3.05, 3.63) is 10.1 Å². The van der Waals surface area contributed by atoms with E-state index >= 15 is 0 Å². The molecule has 0 aromatic carbocycles. The maximum absolute atomic E-state index is 10.4. The molecule has 1 N–H and O–H groups in total. The number of alkyl halides is 1. The molecule has 0 radical (unpaired) electrons. The molecule has 0 saturated carbocycles. The van der Waals surface area contributed by atoms with Gasteiger partial charge in [-0.25, -0.2) is 0 Å². The molecule has 0 bridgehead atoms. The van der Waals surface area contributed by atoms with Crippen LogP contribution in [0.15, 0.2) is 0 Å². The Balaban J connectivity index is 2.50. The molecule has 1 rings (SSSR count). The summed E-state index contributed by atoms with van der Waals surface area (Å²) in [5.74, 6) is 0. The topological polar surface area (TPSA) is 55.2 Å². The van der Waals surface area contributed by atoms with Crippen LogP contribution in [0, 0.1) is 10.1 Å². The molecule has 0 aromatic heterocycles. The summed E-state index contributed by atoms with van der Waals surface area (Å²) < 4.78 is 0. The molecule has 5 heteroatoms. The highest BCUT2D eigenvalue weighted by molar-refractivity contribution is 6.20. The second-order valence-corrected chi connectivity index (χ2v) is 3.37. The van der Waals surface area contributed by atoms with Gasteiger partial charge in [0.1, 0.15) is 0 Å². The van der Waals surface area contributed by atoms with E-state index in [2.05, 4.69) is 5.32 Å². The van der Waals surface area contributed by atoms with E-state index in [1.807, 2.05) is 6.92 Å². The molecule has 1 saturated heterocycles. The van der Waals surface area contributed by atoms with Gasteiger partial charge in [-0.1, -0.05) is 11.6 Å². The van der Waals surface area contributed by atoms with Crippen molar-refractivity contribution in [1.29, 1.82) is 0 Å². The third-order valence-corrected chi connectivity index (χ3v) is 2.36. The number of piperidine rings is 1. The standard InChI is InChI=1S/C6H11ClN2O2/c1-4-2-3-5(9(10)11)6(7)8-4/h4-6,8H,2-3H2,1H3. The average Bonchev–Trinajstić information content (AvgIpc) is 1.85. The number of nitro groups is 1. The maximum atomic E-state index is 10.4. The van der Waals surface area contributed by atoms with Gasteiger partial charge < -0.3 is 0 Å². The monoisotopic (exact) mass is 178 g/mol. The van der Waals surface area contributed by atoms with Crippen LogP contribution in [0.3, 0.4) is 0 Å². The van der Waals surface area contributed by atoms with E-state index in [9.17, 15) is 10.1 Å². The van der Waals surface area contributed by atoms with E-state index in [-0.39, 0.29) is 4.92 Å². The third-order valence-electron chi connectivity index (χ3n) is 1.95. The summed E-state index contributed by atoms with van der Waals surface area (Å²) >= 11 is 5.72. The summed E-state index contributed by atoms with van der Waals surface area (Å²) in [6.07, 6.45) is 1.41. The zero-order valence-corrected chi connectivity index (χ0v) is 7.04. The molecule has 0 aliphatic carbocycles. The summed E-state index contributed by atoms with van der Waals surface area (Å²) in [5.41, 5.74) is -0.506. The molecule has 4 nitrogen and oxygen atoms in total. The maximum Gasteiger partial charge on any atom is 0.242 e. The summed E-state index contributed by atoms with van der Waals surface area (Å²) in [4.78, 5) is 10.0. The van der Waals surface area contributed by atoms with E-state index in [4.69, 9.17) is 11.6 Å². The predicted molar refractivity (Wildman–Crippen MR) is 42.3 cm³/mol. The van der Waals surface area contributed by atoms with Gasteiger partial charge in [0.05, 0.1) is 0 Å². The highest BCUT2D eigenvalue weighted by Crippen LogP contribution is 2.17. The fraction of sp³-hybridized carbons (Fsp3) is 1.00. The Bertz CT molecular complexity index is 165. The van der Waals surface area contributed by atoms with Crippen molar-refractivity contribution in [3.8, 4) is 0 Å². The zero-order chi connectivity index (χ0) is 8.43. The van der Waals surface area contributed by atoms with E-state index in [0.717, 1.165) is 6.42 Å². The minimum Gasteiger partial charge on any atom is -0.293 e. The minimum atomic E-state index is -0.618. The fourth-order valence-electron chi connectivity index (χ4n) is 1.25. The number of nitrogens with one attached hydrogen (secondary N) is 1. The quantitative estimate of drug-likeness (QED) is 0.282. The largest absolute Gasteiger partial charge is 0.293 e. The first-order chi connectivity index (χ1) is 5.11. The lowest BCUT2D eigenvalue weighted by atomic mass is 10.0. The van der Waals surface area contributed by atoms with Crippen molar-refractivity contribution in [1.82, 2.24) is 5.32 Å². The minimum absolute atomic E-state index is 0.300. The molecule has 0 aromatic rings. The van der Waals surface area contributed by atoms with Gasteiger partial charge in [0, 0.05) is 17.4 Å². The van der Waals surface area contributed by atoms with Crippen LogP contribution in [0.2, 0.25) is 0 Å². The van der Waals surface area contributed by atoms with Gasteiger partial charge in [-0.2, -0.15) is 0 Å². The van der Waals surface area contributed by atoms with Crippen molar-refractivity contribution in [2.75, 3.05) is 0 Å². The Hall–Kier alpha value is -0.350. The van der Waals surface area contributed by atoms with Crippen molar-refractivity contribution in [2.24, 2.45) is 0 Å². The van der Waals surface area contributed by atoms with Gasteiger partial charge in [-0.3, -0.25) is 15.4 Å². The summed E-state index contributed by atoms with van der Waals surface area (Å²) in [6.45, 7) is 1.98. The molecule has 0 amide bonds. The Labute approximate surface area is 70.1 Å². The van der Waals surface area contributed by atoms with Crippen LogP contribution >= 0.6 is 11.6 Å². The van der Waals surface area contributed by atoms with Crippen LogP contribution < -0.4 is 5.32 Å². The van der Waals surface area contributed by atoms with Crippen LogP contribution in [0.25, 0.3) is 0 Å². The van der Waals surface area contributed by atoms with Gasteiger partial charge >= 0.3 is 0 Å². The molecule has 11 heavy (non-hydrogen) atoms. The molecule has 1 aliphatic heterocycles. The van der Waals surface area contributed by atoms with Crippen LogP contribution in [-0.4, -0.2) is 22.5 Å². The highest BCUT2D eigenvalue weighted by atomic mass is 35.5. The number of rotatable bonds is 1. The van der Waals surface area contributed by atoms with Crippen molar-refractivity contribution >= 4 is 11.6 Å². The summed E-state index contributed by atoms with van der Waals surface area (Å²) in [5, 5.41) is 13.3. The van der Waals surface area contributed by atoms with E-state index in [1.54, 1.807) is 0 Å². The van der Waals surface area contributed by atoms with Crippen molar-refractivity contribution < 1.29 is 4.92 Å². The SMILES string of the molecule is CC1CCC([N+](=O)[O-])C(Cl)N1. The van der Waals surface area contributed by atoms with Gasteiger partial charge in [0.25, 0.3) is 0 Å². The molecule has 64 valence electrons. The van der Waals surface area contributed by atoms with Crippen LogP contribution in [0.4, 0.5) is 0 Å². The van der Waals surface area contributed by atoms with Gasteiger partial charge in [0.2, 0.25) is 6.04 Å². The van der Waals surface area contributed by atoms with Crippen LogP contribution in [0.1, 0.15) is 19.8 Å². The Morgan fingerprint density at radius 3 is 2.73 bits per heavy atom. The molecular weight excluding hydrogens is 168 g/mol. The number of halogens is 1. The zero-order valence-electron chi connectivity index (χ0n) is 6.29. The molecule has 3 atom stereocenters. The molecule has 1 aliphatic rings. The van der Waals surface area contributed by atoms with Crippen LogP contribution in [0.5, 0.6) is 0 Å². The molecular formula is C6H11ClN2O2. The van der Waals surface area contributed by atoms with Crippen molar-refractivity contribution in [2.45, 2.75) is 37.4 Å². The molecule has 3 unspecified atom stereocenters. The Morgan fingerprint density at radius 1 is 1.64 bits per heavy atom. The lowest BCUT2D eigenvalue weighted by Gasteiger charge is -2.26. The summed E-state index contributed by atoms with van der Waals surface area (Å²) in [7, 11) is 0. The Kier molecular flexibility index (Phi) is 2.67. The number of hydrogen-bond donors (Lipinski definition) is 1. The number of nitrogens with zero attached hydrogens (tertiary/aromatic N) is 1. The lowest BCUT2D eigenvalue weighted by Crippen LogP contribution is -2.49. The van der Waals surface area contributed by atoms with Gasteiger partial charge in [-0.05, 0) is 13.3 Å². The Morgan fingerprint density at radius 2 is 2.27 bits per heavy atom. The normalized spacial score (nSPS) is 38.5. The molecule has 1 heterocycles. The molecule has 0 spiro atoms. The smallest absolute Gasteiger partial charge is 0.242 e. The van der Waals surface area contributed by atoms with Gasteiger partial charge in [-0.15, -0.1) is 0 Å². The van der Waals surface area contributed by atoms with Crippen molar-refractivity contribution in [3.63, 3.8) is 0 Å². The van der Waals surface area contributed by atoms with E-state index in [1.165, 1.54) is 0 Å².